The first kappa shape index (κ1) is 19.8. The standard InChI is InChI=1S/C19H30N4O4/c1-12(2)9-21-18(25)17-14-7-13(27-11-15(14)22-23(17)3)10-20-16(24)8-19(26)5-4-6-19/h12-13,26H,4-11H2,1-3H3,(H,20,24)(H,21,25). The van der Waals surface area contributed by atoms with Gasteiger partial charge in [0.1, 0.15) is 5.69 Å². The van der Waals surface area contributed by atoms with Crippen LogP contribution in [-0.2, 0) is 29.6 Å². The fourth-order valence-corrected chi connectivity index (χ4v) is 3.58. The first-order valence-corrected chi connectivity index (χ1v) is 9.71. The first-order valence-electron chi connectivity index (χ1n) is 9.71. The molecular weight excluding hydrogens is 348 g/mol. The summed E-state index contributed by atoms with van der Waals surface area (Å²) in [4.78, 5) is 24.6. The molecule has 1 unspecified atom stereocenters. The van der Waals surface area contributed by atoms with Crippen molar-refractivity contribution in [3.63, 3.8) is 0 Å². The highest BCUT2D eigenvalue weighted by molar-refractivity contribution is 5.94. The van der Waals surface area contributed by atoms with E-state index in [2.05, 4.69) is 15.7 Å². The molecule has 0 radical (unpaired) electrons. The van der Waals surface area contributed by atoms with Crippen LogP contribution in [0.2, 0.25) is 0 Å². The molecule has 2 aliphatic rings. The third-order valence-corrected chi connectivity index (χ3v) is 5.30. The molecule has 1 aliphatic heterocycles. The van der Waals surface area contributed by atoms with Crippen molar-refractivity contribution in [2.75, 3.05) is 13.1 Å². The number of aromatic nitrogens is 2. The number of ether oxygens (including phenoxy) is 1. The summed E-state index contributed by atoms with van der Waals surface area (Å²) in [7, 11) is 1.76. The Kier molecular flexibility index (Phi) is 5.86. The van der Waals surface area contributed by atoms with Crippen molar-refractivity contribution in [3.05, 3.63) is 17.0 Å². The molecule has 3 N–H and O–H groups in total. The molecule has 3 rings (SSSR count). The van der Waals surface area contributed by atoms with Crippen LogP contribution >= 0.6 is 0 Å². The predicted octanol–water partition coefficient (Wildman–Crippen LogP) is 0.669. The van der Waals surface area contributed by atoms with E-state index in [4.69, 9.17) is 4.74 Å². The lowest BCUT2D eigenvalue weighted by atomic mass is 9.78. The summed E-state index contributed by atoms with van der Waals surface area (Å²) in [5.41, 5.74) is 1.41. The largest absolute Gasteiger partial charge is 0.389 e. The van der Waals surface area contributed by atoms with Gasteiger partial charge in [-0.1, -0.05) is 13.8 Å². The lowest BCUT2D eigenvalue weighted by molar-refractivity contribution is -0.130. The lowest BCUT2D eigenvalue weighted by Crippen LogP contribution is -2.44. The molecule has 1 saturated carbocycles. The van der Waals surface area contributed by atoms with Gasteiger partial charge >= 0.3 is 0 Å². The Bertz CT molecular complexity index is 709. The zero-order chi connectivity index (χ0) is 19.6. The summed E-state index contributed by atoms with van der Waals surface area (Å²) in [5, 5.41) is 20.3. The number of amides is 2. The Balaban J connectivity index is 1.58. The SMILES string of the molecule is CC(C)CNC(=O)c1c2c(nn1C)COC(CNC(=O)CC1(O)CCC1)C2. The average molecular weight is 378 g/mol. The van der Waals surface area contributed by atoms with Crippen molar-refractivity contribution in [1.29, 1.82) is 0 Å². The number of aliphatic hydroxyl groups is 1. The molecule has 1 aromatic rings. The van der Waals surface area contributed by atoms with Gasteiger partial charge in [-0.2, -0.15) is 5.10 Å². The number of rotatable bonds is 7. The third kappa shape index (κ3) is 4.68. The van der Waals surface area contributed by atoms with Crippen molar-refractivity contribution in [2.24, 2.45) is 13.0 Å². The van der Waals surface area contributed by atoms with E-state index in [0.717, 1.165) is 17.7 Å². The fraction of sp³-hybridized carbons (Fsp3) is 0.737. The van der Waals surface area contributed by atoms with Crippen molar-refractivity contribution in [3.8, 4) is 0 Å². The van der Waals surface area contributed by atoms with Crippen molar-refractivity contribution in [2.45, 2.75) is 64.3 Å². The minimum atomic E-state index is -0.824. The van der Waals surface area contributed by atoms with Gasteiger partial charge in [-0.15, -0.1) is 0 Å². The third-order valence-electron chi connectivity index (χ3n) is 5.30. The number of aryl methyl sites for hydroxylation is 1. The second-order valence-corrected chi connectivity index (χ2v) is 8.20. The molecular formula is C19H30N4O4. The van der Waals surface area contributed by atoms with Crippen LogP contribution in [0.5, 0.6) is 0 Å². The second-order valence-electron chi connectivity index (χ2n) is 8.20. The zero-order valence-electron chi connectivity index (χ0n) is 16.4. The van der Waals surface area contributed by atoms with Gasteiger partial charge in [-0.05, 0) is 25.2 Å². The molecule has 8 nitrogen and oxygen atoms in total. The molecule has 8 heteroatoms. The van der Waals surface area contributed by atoms with Crippen molar-refractivity contribution >= 4 is 11.8 Å². The average Bonchev–Trinajstić information content (AvgIpc) is 2.91. The number of carbonyl (C=O) groups excluding carboxylic acids is 2. The molecule has 150 valence electrons. The van der Waals surface area contributed by atoms with E-state index < -0.39 is 5.60 Å². The van der Waals surface area contributed by atoms with Crippen LogP contribution < -0.4 is 10.6 Å². The van der Waals surface area contributed by atoms with Crippen LogP contribution in [0.4, 0.5) is 0 Å². The number of nitrogens with zero attached hydrogens (tertiary/aromatic N) is 2. The van der Waals surface area contributed by atoms with Crippen molar-refractivity contribution < 1.29 is 19.4 Å². The fourth-order valence-electron chi connectivity index (χ4n) is 3.58. The van der Waals surface area contributed by atoms with E-state index in [1.807, 2.05) is 13.8 Å². The summed E-state index contributed by atoms with van der Waals surface area (Å²) in [6, 6.07) is 0. The maximum absolute atomic E-state index is 12.6. The predicted molar refractivity (Wildman–Crippen MR) is 99.1 cm³/mol. The molecule has 0 bridgehead atoms. The van der Waals surface area contributed by atoms with Gasteiger partial charge in [0.25, 0.3) is 5.91 Å². The quantitative estimate of drug-likeness (QED) is 0.647. The zero-order valence-corrected chi connectivity index (χ0v) is 16.4. The minimum Gasteiger partial charge on any atom is -0.389 e. The van der Waals surface area contributed by atoms with Gasteiger partial charge in [-0.25, -0.2) is 0 Å². The number of hydrogen-bond donors (Lipinski definition) is 3. The van der Waals surface area contributed by atoms with Gasteiger partial charge in [-0.3, -0.25) is 14.3 Å². The Labute approximate surface area is 159 Å². The topological polar surface area (TPSA) is 105 Å². The first-order chi connectivity index (χ1) is 12.8. The summed E-state index contributed by atoms with van der Waals surface area (Å²) < 4.78 is 7.39. The molecule has 0 spiro atoms. The Morgan fingerprint density at radius 2 is 2.11 bits per heavy atom. The normalized spacial score (nSPS) is 20.7. The highest BCUT2D eigenvalue weighted by Gasteiger charge is 2.36. The molecule has 1 fully saturated rings. The number of nitrogens with one attached hydrogen (secondary N) is 2. The summed E-state index contributed by atoms with van der Waals surface area (Å²) in [6.07, 6.45) is 2.81. The molecule has 1 aliphatic carbocycles. The molecule has 27 heavy (non-hydrogen) atoms. The van der Waals surface area contributed by atoms with E-state index in [0.29, 0.717) is 50.6 Å². The van der Waals surface area contributed by atoms with Gasteiger partial charge in [0.05, 0.1) is 30.4 Å². The summed E-state index contributed by atoms with van der Waals surface area (Å²) >= 11 is 0. The Morgan fingerprint density at radius 3 is 2.74 bits per heavy atom. The molecule has 0 aromatic carbocycles. The van der Waals surface area contributed by atoms with E-state index in [1.165, 1.54) is 0 Å². The van der Waals surface area contributed by atoms with Gasteiger partial charge in [0, 0.05) is 32.1 Å². The van der Waals surface area contributed by atoms with E-state index in [9.17, 15) is 14.7 Å². The van der Waals surface area contributed by atoms with Crippen LogP contribution in [0.25, 0.3) is 0 Å². The highest BCUT2D eigenvalue weighted by atomic mass is 16.5. The summed E-state index contributed by atoms with van der Waals surface area (Å²) in [5.74, 6) is 0.0827. The van der Waals surface area contributed by atoms with Gasteiger partial charge < -0.3 is 20.5 Å². The Hall–Kier alpha value is -1.93. The van der Waals surface area contributed by atoms with E-state index in [1.54, 1.807) is 11.7 Å². The number of carbonyl (C=O) groups is 2. The second kappa shape index (κ2) is 7.98. The minimum absolute atomic E-state index is 0.128. The monoisotopic (exact) mass is 378 g/mol. The Morgan fingerprint density at radius 1 is 1.37 bits per heavy atom. The van der Waals surface area contributed by atoms with Crippen LogP contribution in [0, 0.1) is 5.92 Å². The van der Waals surface area contributed by atoms with Crippen LogP contribution in [-0.4, -0.2) is 51.5 Å². The van der Waals surface area contributed by atoms with Gasteiger partial charge in [0.15, 0.2) is 0 Å². The number of fused-ring (bicyclic) bond motifs is 1. The highest BCUT2D eigenvalue weighted by Crippen LogP contribution is 2.34. The van der Waals surface area contributed by atoms with Crippen molar-refractivity contribution in [1.82, 2.24) is 20.4 Å². The van der Waals surface area contributed by atoms with Gasteiger partial charge in [0.2, 0.25) is 5.91 Å². The molecule has 2 amide bonds. The lowest BCUT2D eigenvalue weighted by Gasteiger charge is -2.36. The molecule has 1 atom stereocenters. The maximum Gasteiger partial charge on any atom is 0.269 e. The maximum atomic E-state index is 12.6. The molecule has 1 aromatic heterocycles. The van der Waals surface area contributed by atoms with E-state index in [-0.39, 0.29) is 24.3 Å². The number of hydrogen-bond acceptors (Lipinski definition) is 5. The molecule has 0 saturated heterocycles. The smallest absolute Gasteiger partial charge is 0.269 e. The van der Waals surface area contributed by atoms with Crippen LogP contribution in [0.1, 0.15) is 61.3 Å². The summed E-state index contributed by atoms with van der Waals surface area (Å²) in [6.45, 7) is 5.39. The van der Waals surface area contributed by atoms with E-state index >= 15 is 0 Å². The molecule has 2 heterocycles. The van der Waals surface area contributed by atoms with Crippen LogP contribution in [0.3, 0.4) is 0 Å². The van der Waals surface area contributed by atoms with Crippen LogP contribution in [0.15, 0.2) is 0 Å².